The van der Waals surface area contributed by atoms with E-state index in [1.54, 1.807) is 0 Å². The standard InChI is InChI=1S/C19H23N3O.C4H11N/c1-11(2)19-21-18-16(23-19)4-3-15-17(18)13(9-20-15)14-10-22-7-5-12(14)6-8-22;1-4(2)3-5/h3-4,9,11-12,14,20H,5-8,10H2,1-2H3;4H,3,5H2,1-2H3. The van der Waals surface area contributed by atoms with Crippen LogP contribution in [0.25, 0.3) is 22.0 Å². The fourth-order valence-corrected chi connectivity index (χ4v) is 4.51. The first-order valence-electron chi connectivity index (χ1n) is 10.8. The van der Waals surface area contributed by atoms with Gasteiger partial charge in [0.2, 0.25) is 0 Å². The molecule has 1 unspecified atom stereocenters. The Balaban J connectivity index is 0.000000346. The summed E-state index contributed by atoms with van der Waals surface area (Å²) >= 11 is 0. The van der Waals surface area contributed by atoms with Crippen LogP contribution in [0.15, 0.2) is 22.7 Å². The zero-order valence-electron chi connectivity index (χ0n) is 17.7. The average molecular weight is 383 g/mol. The molecule has 0 spiro atoms. The zero-order valence-corrected chi connectivity index (χ0v) is 17.7. The maximum Gasteiger partial charge on any atom is 0.198 e. The third-order valence-corrected chi connectivity index (χ3v) is 6.27. The second-order valence-corrected chi connectivity index (χ2v) is 9.16. The molecule has 3 saturated heterocycles. The highest BCUT2D eigenvalue weighted by Gasteiger charge is 2.36. The molecule has 3 fully saturated rings. The Morgan fingerprint density at radius 1 is 1.21 bits per heavy atom. The van der Waals surface area contributed by atoms with Crippen molar-refractivity contribution >= 4 is 22.0 Å². The third kappa shape index (κ3) is 3.58. The average Bonchev–Trinajstić information content (AvgIpc) is 3.33. The van der Waals surface area contributed by atoms with Crippen molar-refractivity contribution in [3.63, 3.8) is 0 Å². The number of nitrogens with two attached hydrogens (primary N) is 1. The summed E-state index contributed by atoms with van der Waals surface area (Å²) in [5.74, 6) is 3.28. The first-order chi connectivity index (χ1) is 13.5. The number of fused-ring (bicyclic) bond motifs is 6. The Hall–Kier alpha value is -1.85. The van der Waals surface area contributed by atoms with E-state index < -0.39 is 0 Å². The van der Waals surface area contributed by atoms with Crippen LogP contribution in [0.4, 0.5) is 0 Å². The van der Waals surface area contributed by atoms with Crippen LogP contribution in [0.2, 0.25) is 0 Å². The van der Waals surface area contributed by atoms with Crippen LogP contribution < -0.4 is 5.73 Å². The number of piperidine rings is 3. The molecule has 5 heterocycles. The van der Waals surface area contributed by atoms with Gasteiger partial charge in [0.25, 0.3) is 0 Å². The van der Waals surface area contributed by atoms with Crippen molar-refractivity contribution in [1.82, 2.24) is 14.9 Å². The first-order valence-corrected chi connectivity index (χ1v) is 10.8. The fraction of sp³-hybridized carbons (Fsp3) is 0.609. The highest BCUT2D eigenvalue weighted by atomic mass is 16.3. The minimum Gasteiger partial charge on any atom is -0.440 e. The van der Waals surface area contributed by atoms with Crippen molar-refractivity contribution < 1.29 is 4.42 Å². The molecule has 1 aromatic carbocycles. The second kappa shape index (κ2) is 7.88. The van der Waals surface area contributed by atoms with Gasteiger partial charge in [-0.05, 0) is 62.0 Å². The number of rotatable bonds is 3. The molecular weight excluding hydrogens is 348 g/mol. The van der Waals surface area contributed by atoms with Crippen molar-refractivity contribution in [1.29, 1.82) is 0 Å². The van der Waals surface area contributed by atoms with Gasteiger partial charge in [-0.3, -0.25) is 0 Å². The number of nitrogens with one attached hydrogen (secondary N) is 1. The van der Waals surface area contributed by atoms with Crippen molar-refractivity contribution in [2.24, 2.45) is 17.6 Å². The molecule has 0 radical (unpaired) electrons. The van der Waals surface area contributed by atoms with Crippen molar-refractivity contribution in [2.45, 2.75) is 52.4 Å². The van der Waals surface area contributed by atoms with Gasteiger partial charge in [0.1, 0.15) is 5.52 Å². The summed E-state index contributed by atoms with van der Waals surface area (Å²) in [6, 6.07) is 4.19. The summed E-state index contributed by atoms with van der Waals surface area (Å²) in [4.78, 5) is 10.9. The predicted octanol–water partition coefficient (Wildman–Crippen LogP) is 4.84. The molecule has 3 aromatic rings. The van der Waals surface area contributed by atoms with Crippen LogP contribution in [-0.2, 0) is 0 Å². The van der Waals surface area contributed by atoms with E-state index in [0.717, 1.165) is 29.5 Å². The Kier molecular flexibility index (Phi) is 5.48. The lowest BCUT2D eigenvalue weighted by Crippen LogP contribution is -2.46. The number of hydrogen-bond acceptors (Lipinski definition) is 4. The van der Waals surface area contributed by atoms with Gasteiger partial charge in [-0.1, -0.05) is 27.7 Å². The molecule has 0 amide bonds. The second-order valence-electron chi connectivity index (χ2n) is 9.16. The van der Waals surface area contributed by atoms with Crippen LogP contribution in [0.5, 0.6) is 0 Å². The smallest absolute Gasteiger partial charge is 0.198 e. The molecule has 3 aliphatic heterocycles. The summed E-state index contributed by atoms with van der Waals surface area (Å²) in [5.41, 5.74) is 9.77. The van der Waals surface area contributed by atoms with E-state index in [4.69, 9.17) is 15.1 Å². The van der Waals surface area contributed by atoms with E-state index in [0.29, 0.717) is 17.8 Å². The number of nitrogens with zero attached hydrogens (tertiary/aromatic N) is 2. The first kappa shape index (κ1) is 19.5. The van der Waals surface area contributed by atoms with Crippen LogP contribution in [0.1, 0.15) is 63.8 Å². The van der Waals surface area contributed by atoms with Crippen LogP contribution in [0.3, 0.4) is 0 Å². The topological polar surface area (TPSA) is 71.1 Å². The minimum absolute atomic E-state index is 0.316. The summed E-state index contributed by atoms with van der Waals surface area (Å²) in [6.45, 7) is 13.0. The van der Waals surface area contributed by atoms with Crippen LogP contribution >= 0.6 is 0 Å². The number of aromatic nitrogens is 2. The van der Waals surface area contributed by atoms with Gasteiger partial charge in [-0.25, -0.2) is 4.98 Å². The number of oxazole rings is 1. The molecule has 152 valence electrons. The van der Waals surface area contributed by atoms with Gasteiger partial charge in [0.05, 0.1) is 0 Å². The molecule has 6 rings (SSSR count). The highest BCUT2D eigenvalue weighted by Crippen LogP contribution is 2.43. The molecule has 2 aromatic heterocycles. The summed E-state index contributed by atoms with van der Waals surface area (Å²) in [5, 5.41) is 1.29. The van der Waals surface area contributed by atoms with Crippen molar-refractivity contribution in [3.8, 4) is 0 Å². The maximum atomic E-state index is 5.98. The van der Waals surface area contributed by atoms with Gasteiger partial charge in [-0.15, -0.1) is 0 Å². The van der Waals surface area contributed by atoms with Gasteiger partial charge in [0, 0.05) is 35.5 Å². The number of hydrogen-bond donors (Lipinski definition) is 2. The monoisotopic (exact) mass is 382 g/mol. The Bertz CT molecular complexity index is 931. The molecule has 28 heavy (non-hydrogen) atoms. The Morgan fingerprint density at radius 3 is 2.50 bits per heavy atom. The van der Waals surface area contributed by atoms with Gasteiger partial charge < -0.3 is 20.0 Å². The summed E-state index contributed by atoms with van der Waals surface area (Å²) in [6.07, 6.45) is 4.90. The van der Waals surface area contributed by atoms with Crippen molar-refractivity contribution in [2.75, 3.05) is 26.2 Å². The SMILES string of the molecule is CC(C)CN.CC(C)c1nc2c(ccc3[nH]cc(C4CN5CCC4CC5)c32)o1. The molecule has 3 N–H and O–H groups in total. The fourth-order valence-electron chi connectivity index (χ4n) is 4.51. The normalized spacial score (nSPS) is 24.3. The van der Waals surface area contributed by atoms with E-state index in [1.165, 1.54) is 48.9 Å². The number of H-pyrrole nitrogens is 1. The maximum absolute atomic E-state index is 5.98. The lowest BCUT2D eigenvalue weighted by molar-refractivity contribution is 0.0877. The molecule has 0 saturated carbocycles. The lowest BCUT2D eigenvalue weighted by Gasteiger charge is -2.44. The number of benzene rings is 1. The summed E-state index contributed by atoms with van der Waals surface area (Å²) < 4.78 is 5.98. The largest absolute Gasteiger partial charge is 0.440 e. The molecule has 3 aliphatic rings. The predicted molar refractivity (Wildman–Crippen MR) is 116 cm³/mol. The lowest BCUT2D eigenvalue weighted by atomic mass is 9.75. The Labute approximate surface area is 167 Å². The van der Waals surface area contributed by atoms with E-state index in [-0.39, 0.29) is 0 Å². The molecule has 1 atom stereocenters. The number of aromatic amines is 1. The molecular formula is C23H34N4O. The molecule has 5 heteroatoms. The molecule has 0 aliphatic carbocycles. The third-order valence-electron chi connectivity index (χ3n) is 6.27. The summed E-state index contributed by atoms with van der Waals surface area (Å²) in [7, 11) is 0. The quantitative estimate of drug-likeness (QED) is 0.680. The van der Waals surface area contributed by atoms with E-state index >= 15 is 0 Å². The van der Waals surface area contributed by atoms with Gasteiger partial charge in [0.15, 0.2) is 11.5 Å². The molecule has 5 nitrogen and oxygen atoms in total. The van der Waals surface area contributed by atoms with Crippen molar-refractivity contribution in [3.05, 3.63) is 29.8 Å². The van der Waals surface area contributed by atoms with Gasteiger partial charge in [-0.2, -0.15) is 0 Å². The molecule has 2 bridgehead atoms. The van der Waals surface area contributed by atoms with Gasteiger partial charge >= 0.3 is 0 Å². The van der Waals surface area contributed by atoms with E-state index in [2.05, 4.69) is 49.8 Å². The minimum atomic E-state index is 0.316. The van der Waals surface area contributed by atoms with E-state index in [9.17, 15) is 0 Å². The van der Waals surface area contributed by atoms with E-state index in [1.807, 2.05) is 6.07 Å². The Morgan fingerprint density at radius 2 is 1.93 bits per heavy atom. The zero-order chi connectivity index (χ0) is 19.8. The van der Waals surface area contributed by atoms with Crippen LogP contribution in [0, 0.1) is 11.8 Å². The highest BCUT2D eigenvalue weighted by molar-refractivity contribution is 6.04. The van der Waals surface area contributed by atoms with Crippen LogP contribution in [-0.4, -0.2) is 41.0 Å².